The Hall–Kier alpha value is -3.69. The quantitative estimate of drug-likeness (QED) is 0.390. The number of hydrogen-bond donors (Lipinski definition) is 3. The first-order valence-corrected chi connectivity index (χ1v) is 12.4. The number of carbonyl (C=O) groups is 2. The Morgan fingerprint density at radius 2 is 2.00 bits per heavy atom. The highest BCUT2D eigenvalue weighted by atomic mass is 35.5. The Morgan fingerprint density at radius 3 is 2.70 bits per heavy atom. The minimum Gasteiger partial charge on any atom is -0.497 e. The van der Waals surface area contributed by atoms with E-state index in [1.54, 1.807) is 13.2 Å². The average Bonchev–Trinajstić information content (AvgIpc) is 3.20. The minimum absolute atomic E-state index is 0.136. The van der Waals surface area contributed by atoms with E-state index in [0.717, 1.165) is 11.1 Å². The van der Waals surface area contributed by atoms with E-state index < -0.39 is 18.6 Å². The zero-order chi connectivity index (χ0) is 26.7. The molecule has 9 nitrogen and oxygen atoms in total. The molecule has 0 saturated heterocycles. The van der Waals surface area contributed by atoms with Crippen LogP contribution in [0.5, 0.6) is 5.75 Å². The van der Waals surface area contributed by atoms with Gasteiger partial charge in [0.05, 0.1) is 36.7 Å². The van der Waals surface area contributed by atoms with E-state index in [9.17, 15) is 14.7 Å². The van der Waals surface area contributed by atoms with Crippen LogP contribution in [0.4, 0.5) is 5.95 Å². The number of aliphatic hydroxyl groups is 1. The number of benzene rings is 2. The molecule has 37 heavy (non-hydrogen) atoms. The number of carbonyl (C=O) groups excluding carboxylic acids is 2. The molecule has 2 heterocycles. The summed E-state index contributed by atoms with van der Waals surface area (Å²) in [4.78, 5) is 36.6. The maximum absolute atomic E-state index is 13.4. The lowest BCUT2D eigenvalue weighted by atomic mass is 10.0. The van der Waals surface area contributed by atoms with Gasteiger partial charge in [0.2, 0.25) is 11.9 Å². The summed E-state index contributed by atoms with van der Waals surface area (Å²) in [5, 5.41) is 16.5. The fourth-order valence-electron chi connectivity index (χ4n) is 4.25. The number of aromatic nitrogens is 2. The number of amides is 2. The average molecular weight is 524 g/mol. The molecule has 0 aliphatic carbocycles. The second-order valence-corrected chi connectivity index (χ2v) is 9.61. The molecule has 0 spiro atoms. The van der Waals surface area contributed by atoms with Gasteiger partial charge < -0.3 is 25.4 Å². The molecule has 0 bridgehead atoms. The van der Waals surface area contributed by atoms with E-state index in [4.69, 9.17) is 16.3 Å². The van der Waals surface area contributed by atoms with Crippen molar-refractivity contribution in [1.82, 2.24) is 20.2 Å². The Labute approximate surface area is 220 Å². The molecule has 3 aromatic rings. The lowest BCUT2D eigenvalue weighted by Crippen LogP contribution is -2.49. The molecule has 2 amide bonds. The molecule has 0 fully saturated rings. The smallest absolute Gasteiger partial charge is 0.255 e. The number of aliphatic hydroxyl groups excluding tert-OH is 1. The number of fused-ring (bicyclic) bond motifs is 1. The molecule has 1 aliphatic heterocycles. The summed E-state index contributed by atoms with van der Waals surface area (Å²) in [7, 11) is 1.58. The van der Waals surface area contributed by atoms with E-state index in [1.165, 1.54) is 11.1 Å². The highest BCUT2D eigenvalue weighted by molar-refractivity contribution is 6.33. The zero-order valence-electron chi connectivity index (χ0n) is 21.2. The topological polar surface area (TPSA) is 117 Å². The van der Waals surface area contributed by atoms with Crippen LogP contribution >= 0.6 is 11.6 Å². The molecule has 4 rings (SSSR count). The highest BCUT2D eigenvalue weighted by Crippen LogP contribution is 2.32. The summed E-state index contributed by atoms with van der Waals surface area (Å²) < 4.78 is 5.26. The van der Waals surface area contributed by atoms with Crippen molar-refractivity contribution >= 4 is 29.4 Å². The lowest BCUT2D eigenvalue weighted by molar-refractivity contribution is -0.127. The summed E-state index contributed by atoms with van der Waals surface area (Å²) in [6.07, 6.45) is 1.52. The summed E-state index contributed by atoms with van der Waals surface area (Å²) in [6.45, 7) is 5.49. The molecule has 1 aromatic heterocycles. The molecule has 194 valence electrons. The third-order valence-corrected chi connectivity index (χ3v) is 6.46. The minimum atomic E-state index is -1.04. The Morgan fingerprint density at radius 1 is 1.22 bits per heavy atom. The van der Waals surface area contributed by atoms with Crippen molar-refractivity contribution in [2.24, 2.45) is 0 Å². The molecule has 0 saturated carbocycles. The normalized spacial score (nSPS) is 14.4. The monoisotopic (exact) mass is 523 g/mol. The summed E-state index contributed by atoms with van der Waals surface area (Å²) in [6, 6.07) is 11.5. The number of halogens is 1. The van der Waals surface area contributed by atoms with Crippen molar-refractivity contribution in [3.05, 3.63) is 70.4 Å². The van der Waals surface area contributed by atoms with Crippen molar-refractivity contribution in [2.75, 3.05) is 19.0 Å². The molecule has 3 N–H and O–H groups in total. The molecule has 2 atom stereocenters. The lowest BCUT2D eigenvalue weighted by Gasteiger charge is -2.27. The SMILES string of the molecule is COc1cccc(C(C)NC(=O)C(CO)N2Cc3ccc(-c4nc(NC(C)C)ncc4Cl)cc3C2=O)c1. The van der Waals surface area contributed by atoms with Gasteiger partial charge in [-0.25, -0.2) is 9.97 Å². The van der Waals surface area contributed by atoms with Gasteiger partial charge in [0.1, 0.15) is 11.8 Å². The van der Waals surface area contributed by atoms with E-state index in [2.05, 4.69) is 20.6 Å². The van der Waals surface area contributed by atoms with Gasteiger partial charge >= 0.3 is 0 Å². The molecule has 1 aliphatic rings. The van der Waals surface area contributed by atoms with E-state index in [-0.39, 0.29) is 24.5 Å². The number of hydrogen-bond acceptors (Lipinski definition) is 7. The summed E-state index contributed by atoms with van der Waals surface area (Å²) >= 11 is 6.37. The van der Waals surface area contributed by atoms with Crippen LogP contribution in [-0.4, -0.2) is 57.6 Å². The fourth-order valence-corrected chi connectivity index (χ4v) is 4.45. The van der Waals surface area contributed by atoms with Crippen molar-refractivity contribution in [2.45, 2.75) is 45.4 Å². The zero-order valence-corrected chi connectivity index (χ0v) is 21.9. The maximum atomic E-state index is 13.4. The largest absolute Gasteiger partial charge is 0.497 e. The van der Waals surface area contributed by atoms with E-state index in [1.807, 2.05) is 57.2 Å². The summed E-state index contributed by atoms with van der Waals surface area (Å²) in [5.41, 5.74) is 3.20. The number of nitrogens with zero attached hydrogens (tertiary/aromatic N) is 3. The van der Waals surface area contributed by atoms with Gasteiger partial charge in [0, 0.05) is 23.7 Å². The van der Waals surface area contributed by atoms with Crippen LogP contribution in [0.15, 0.2) is 48.7 Å². The predicted molar refractivity (Wildman–Crippen MR) is 142 cm³/mol. The van der Waals surface area contributed by atoms with E-state index in [0.29, 0.717) is 33.5 Å². The second kappa shape index (κ2) is 11.1. The Kier molecular flexibility index (Phi) is 7.94. The van der Waals surface area contributed by atoms with E-state index >= 15 is 0 Å². The first-order valence-electron chi connectivity index (χ1n) is 12.0. The Bertz CT molecular complexity index is 1320. The molecule has 10 heteroatoms. The predicted octanol–water partition coefficient (Wildman–Crippen LogP) is 3.82. The molecule has 2 unspecified atom stereocenters. The van der Waals surface area contributed by atoms with Gasteiger partial charge in [-0.05, 0) is 50.1 Å². The van der Waals surface area contributed by atoms with Gasteiger partial charge in [0.15, 0.2) is 0 Å². The third-order valence-electron chi connectivity index (χ3n) is 6.18. The fraction of sp³-hybridized carbons (Fsp3) is 0.333. The van der Waals surface area contributed by atoms with Crippen LogP contribution in [-0.2, 0) is 11.3 Å². The first kappa shape index (κ1) is 26.4. The highest BCUT2D eigenvalue weighted by Gasteiger charge is 2.36. The van der Waals surface area contributed by atoms with Crippen molar-refractivity contribution in [3.63, 3.8) is 0 Å². The van der Waals surface area contributed by atoms with Crippen LogP contribution < -0.4 is 15.4 Å². The number of methoxy groups -OCH3 is 1. The standard InChI is InChI=1S/C27H30ClN5O4/c1-15(2)30-27-29-12-22(28)24(32-27)18-8-9-19-13-33(26(36)21(19)11-18)23(14-34)25(35)31-16(3)17-6-5-7-20(10-17)37-4/h5-12,15-16,23,34H,13-14H2,1-4H3,(H,31,35)(H,29,30,32). The van der Waals surface area contributed by atoms with Gasteiger partial charge in [-0.3, -0.25) is 9.59 Å². The molecular formula is C27H30ClN5O4. The summed E-state index contributed by atoms with van der Waals surface area (Å²) in [5.74, 6) is 0.326. The molecule has 2 aromatic carbocycles. The number of ether oxygens (including phenoxy) is 1. The second-order valence-electron chi connectivity index (χ2n) is 9.20. The van der Waals surface area contributed by atoms with Gasteiger partial charge in [-0.2, -0.15) is 0 Å². The number of rotatable bonds is 9. The van der Waals surface area contributed by atoms with Crippen LogP contribution in [0, 0.1) is 0 Å². The van der Waals surface area contributed by atoms with Gasteiger partial charge in [-0.1, -0.05) is 35.9 Å². The van der Waals surface area contributed by atoms with Gasteiger partial charge in [0.25, 0.3) is 5.91 Å². The Balaban J connectivity index is 1.53. The maximum Gasteiger partial charge on any atom is 0.255 e. The van der Waals surface area contributed by atoms with Crippen LogP contribution in [0.1, 0.15) is 48.3 Å². The van der Waals surface area contributed by atoms with Crippen LogP contribution in [0.2, 0.25) is 5.02 Å². The molecular weight excluding hydrogens is 494 g/mol. The number of anilines is 1. The van der Waals surface area contributed by atoms with Crippen molar-refractivity contribution in [1.29, 1.82) is 0 Å². The van der Waals surface area contributed by atoms with Crippen molar-refractivity contribution < 1.29 is 19.4 Å². The van der Waals surface area contributed by atoms with Crippen molar-refractivity contribution in [3.8, 4) is 17.0 Å². The van der Waals surface area contributed by atoms with Gasteiger partial charge in [-0.15, -0.1) is 0 Å². The molecule has 0 radical (unpaired) electrons. The third kappa shape index (κ3) is 5.68. The van der Waals surface area contributed by atoms with Crippen LogP contribution in [0.25, 0.3) is 11.3 Å². The van der Waals surface area contributed by atoms with Crippen LogP contribution in [0.3, 0.4) is 0 Å². The first-order chi connectivity index (χ1) is 17.7. The number of nitrogens with one attached hydrogen (secondary N) is 2.